The van der Waals surface area contributed by atoms with Crippen molar-refractivity contribution in [3.63, 3.8) is 0 Å². The molecule has 2 nitrogen and oxygen atoms in total. The van der Waals surface area contributed by atoms with Crippen LogP contribution in [0.15, 0.2) is 30.6 Å². The van der Waals surface area contributed by atoms with Crippen LogP contribution in [0.3, 0.4) is 0 Å². The number of hydrogen-bond acceptors (Lipinski definition) is 1. The second-order valence-corrected chi connectivity index (χ2v) is 1.92. The zero-order valence-electron chi connectivity index (χ0n) is 4.83. The van der Waals surface area contributed by atoms with Crippen molar-refractivity contribution in [1.82, 2.24) is 9.97 Å². The van der Waals surface area contributed by atoms with E-state index in [-0.39, 0.29) is 51.4 Å². The Balaban J connectivity index is 0.000000500. The first-order valence-electron chi connectivity index (χ1n) is 2.85. The average Bonchev–Trinajstić information content (AvgIpc) is 2.33. The van der Waals surface area contributed by atoms with Crippen LogP contribution in [0.5, 0.6) is 0 Å². The molecule has 0 aromatic carbocycles. The van der Waals surface area contributed by atoms with E-state index in [2.05, 4.69) is 9.97 Å². The van der Waals surface area contributed by atoms with Gasteiger partial charge in [-0.05, 0) is 18.2 Å². The van der Waals surface area contributed by atoms with Gasteiger partial charge in [0.25, 0.3) is 0 Å². The number of hydrogen-bond donors (Lipinski definition) is 1. The van der Waals surface area contributed by atoms with Crippen molar-refractivity contribution in [1.29, 1.82) is 0 Å². The van der Waals surface area contributed by atoms with E-state index >= 15 is 0 Å². The Labute approximate surface area is 101 Å². The molecular formula is C7H7KN2. The number of fused-ring (bicyclic) bond motifs is 1. The number of nitrogens with zero attached hydrogens (tertiary/aromatic N) is 1. The zero-order chi connectivity index (χ0) is 6.10. The fourth-order valence-corrected chi connectivity index (χ4v) is 0.883. The summed E-state index contributed by atoms with van der Waals surface area (Å²) < 4.78 is 0. The van der Waals surface area contributed by atoms with Crippen LogP contribution in [-0.4, -0.2) is 61.4 Å². The van der Waals surface area contributed by atoms with Gasteiger partial charge in [0.1, 0.15) is 5.65 Å². The molecule has 0 saturated heterocycles. The molecule has 0 atom stereocenters. The number of aromatic nitrogens is 2. The number of aromatic amines is 1. The molecule has 3 heteroatoms. The van der Waals surface area contributed by atoms with Gasteiger partial charge >= 0.3 is 51.4 Å². The van der Waals surface area contributed by atoms with Gasteiger partial charge in [-0.1, -0.05) is 0 Å². The van der Waals surface area contributed by atoms with E-state index in [0.717, 1.165) is 11.0 Å². The van der Waals surface area contributed by atoms with Crippen molar-refractivity contribution in [3.05, 3.63) is 30.6 Å². The van der Waals surface area contributed by atoms with Gasteiger partial charge in [-0.15, -0.1) is 0 Å². The van der Waals surface area contributed by atoms with Crippen LogP contribution >= 0.6 is 0 Å². The minimum atomic E-state index is 0. The van der Waals surface area contributed by atoms with E-state index in [9.17, 15) is 0 Å². The van der Waals surface area contributed by atoms with Crippen molar-refractivity contribution in [2.75, 3.05) is 0 Å². The molecule has 0 aliphatic carbocycles. The summed E-state index contributed by atoms with van der Waals surface area (Å²) in [6.07, 6.45) is 3.66. The quantitative estimate of drug-likeness (QED) is 0.567. The van der Waals surface area contributed by atoms with Gasteiger partial charge < -0.3 is 4.98 Å². The largest absolute Gasteiger partial charge is 0.346 e. The normalized spacial score (nSPS) is 9.20. The van der Waals surface area contributed by atoms with Crippen LogP contribution in [0.25, 0.3) is 11.0 Å². The molecule has 0 fully saturated rings. The van der Waals surface area contributed by atoms with Gasteiger partial charge in [0.15, 0.2) is 0 Å². The second-order valence-electron chi connectivity index (χ2n) is 1.92. The molecule has 0 unspecified atom stereocenters. The number of rotatable bonds is 0. The third-order valence-electron chi connectivity index (χ3n) is 1.32. The molecule has 46 valence electrons. The third-order valence-corrected chi connectivity index (χ3v) is 1.32. The number of pyridine rings is 1. The van der Waals surface area contributed by atoms with Gasteiger partial charge in [0, 0.05) is 17.8 Å². The van der Waals surface area contributed by atoms with E-state index in [1.807, 2.05) is 24.4 Å². The predicted octanol–water partition coefficient (Wildman–Crippen LogP) is 0.914. The summed E-state index contributed by atoms with van der Waals surface area (Å²) in [7, 11) is 0. The molecular weight excluding hydrogens is 151 g/mol. The van der Waals surface area contributed by atoms with Crippen LogP contribution in [0.1, 0.15) is 0 Å². The van der Waals surface area contributed by atoms with Gasteiger partial charge in [0.2, 0.25) is 0 Å². The maximum absolute atomic E-state index is 4.09. The van der Waals surface area contributed by atoms with Crippen LogP contribution in [0, 0.1) is 0 Å². The minimum Gasteiger partial charge on any atom is -0.346 e. The Morgan fingerprint density at radius 1 is 1.30 bits per heavy atom. The smallest absolute Gasteiger partial charge is 0.137 e. The third kappa shape index (κ3) is 1.49. The van der Waals surface area contributed by atoms with Crippen molar-refractivity contribution < 1.29 is 0 Å². The Bertz CT molecular complexity index is 286. The first-order chi connectivity index (χ1) is 4.47. The second kappa shape index (κ2) is 3.64. The SMILES string of the molecule is [KH].c1cnc2[nH]ccc2c1. The van der Waals surface area contributed by atoms with E-state index in [1.165, 1.54) is 0 Å². The van der Waals surface area contributed by atoms with Crippen LogP contribution < -0.4 is 0 Å². The summed E-state index contributed by atoms with van der Waals surface area (Å²) >= 11 is 0. The molecule has 0 aliphatic heterocycles. The van der Waals surface area contributed by atoms with Crippen molar-refractivity contribution in [3.8, 4) is 0 Å². The maximum atomic E-state index is 4.09. The van der Waals surface area contributed by atoms with E-state index in [4.69, 9.17) is 0 Å². The Morgan fingerprint density at radius 3 is 3.00 bits per heavy atom. The summed E-state index contributed by atoms with van der Waals surface area (Å²) in [5, 5.41) is 1.16. The fourth-order valence-electron chi connectivity index (χ4n) is 0.883. The van der Waals surface area contributed by atoms with E-state index < -0.39 is 0 Å². The Morgan fingerprint density at radius 2 is 2.20 bits per heavy atom. The molecule has 0 amide bonds. The fraction of sp³-hybridized carbons (Fsp3) is 0. The Kier molecular flexibility index (Phi) is 3.07. The number of nitrogens with one attached hydrogen (secondary N) is 1. The molecule has 2 aromatic rings. The van der Waals surface area contributed by atoms with E-state index in [0.29, 0.717) is 0 Å². The summed E-state index contributed by atoms with van der Waals surface area (Å²) in [5.74, 6) is 0. The van der Waals surface area contributed by atoms with Gasteiger partial charge in [-0.3, -0.25) is 0 Å². The standard InChI is InChI=1S/C7H6N2.K.H/c1-2-6-3-5-9-7(6)8-4-1;;/h1-5H,(H,8,9);;. The first-order valence-corrected chi connectivity index (χ1v) is 2.85. The molecule has 2 aromatic heterocycles. The zero-order valence-corrected chi connectivity index (χ0v) is 4.83. The van der Waals surface area contributed by atoms with Gasteiger partial charge in [-0.25, -0.2) is 4.98 Å². The number of H-pyrrole nitrogens is 1. The monoisotopic (exact) mass is 158 g/mol. The van der Waals surface area contributed by atoms with Crippen molar-refractivity contribution in [2.45, 2.75) is 0 Å². The average molecular weight is 158 g/mol. The molecule has 1 N–H and O–H groups in total. The van der Waals surface area contributed by atoms with Gasteiger partial charge in [0.05, 0.1) is 0 Å². The van der Waals surface area contributed by atoms with Crippen LogP contribution in [0.2, 0.25) is 0 Å². The van der Waals surface area contributed by atoms with Gasteiger partial charge in [-0.2, -0.15) is 0 Å². The molecule has 10 heavy (non-hydrogen) atoms. The summed E-state index contributed by atoms with van der Waals surface area (Å²) in [6, 6.07) is 5.96. The molecule has 0 radical (unpaired) electrons. The van der Waals surface area contributed by atoms with E-state index in [1.54, 1.807) is 6.20 Å². The molecule has 0 spiro atoms. The summed E-state index contributed by atoms with van der Waals surface area (Å²) in [6.45, 7) is 0. The minimum absolute atomic E-state index is 0. The molecule has 0 saturated carbocycles. The maximum Gasteiger partial charge on any atom is 0.137 e. The molecule has 2 heterocycles. The molecule has 2 rings (SSSR count). The summed E-state index contributed by atoms with van der Waals surface area (Å²) in [5.41, 5.74) is 0.956. The Hall–Kier alpha value is 0.326. The first kappa shape index (κ1) is 8.42. The molecule has 0 aliphatic rings. The topological polar surface area (TPSA) is 28.7 Å². The van der Waals surface area contributed by atoms with Crippen LogP contribution in [-0.2, 0) is 0 Å². The van der Waals surface area contributed by atoms with Crippen molar-refractivity contribution in [2.24, 2.45) is 0 Å². The molecule has 0 bridgehead atoms. The van der Waals surface area contributed by atoms with Crippen molar-refractivity contribution >= 4 is 62.4 Å². The van der Waals surface area contributed by atoms with Crippen LogP contribution in [0.4, 0.5) is 0 Å². The predicted molar refractivity (Wildman–Crippen MR) is 43.2 cm³/mol. The summed E-state index contributed by atoms with van der Waals surface area (Å²) in [4.78, 5) is 7.09.